The van der Waals surface area contributed by atoms with Crippen LogP contribution in [0.1, 0.15) is 108 Å². The van der Waals surface area contributed by atoms with Crippen LogP contribution in [-0.2, 0) is 30.3 Å². The molecule has 0 spiro atoms. The van der Waals surface area contributed by atoms with E-state index in [1.165, 1.54) is 25.2 Å². The normalized spacial score (nSPS) is 19.6. The number of rotatable bonds is 20. The number of nitrogens with zero attached hydrogens (tertiary/aromatic N) is 3. The van der Waals surface area contributed by atoms with Crippen LogP contribution in [0.25, 0.3) is 21.3 Å². The molecule has 0 bridgehead atoms. The highest BCUT2D eigenvalue weighted by molar-refractivity contribution is 7.13. The number of alkyl halides is 3. The maximum Gasteiger partial charge on any atom is 0.436 e. The number of benzene rings is 3. The first-order chi connectivity index (χ1) is 33.9. The van der Waals surface area contributed by atoms with Crippen LogP contribution in [0.2, 0.25) is 0 Å². The molecule has 1 saturated heterocycles. The number of para-hydroxylation sites is 1. The standard InChI is InChI=1S/C53H65F5N6O7S/c1-30-23-38-37-13-9-10-14-41(37)61-44(38)45(64(30)28-52(7,8)56)43-39(54)25-36(26-40(43)55)70-21-11-19-69-20-12-22-71-53(57,58)50(68)62-47(51(4,5)6)49(67)63-27-35(65)24-42(63)48(66)60-31(2)33-15-17-34(18-16-33)46-32(3)59-29-72-46/h9-10,13-18,25-26,29-31,35,42,45,47,61,65H,11-12,19-24,27-28H2,1-8H3,(H,60,66)(H,62,68)/t30-,31?,35-,42+,45-,47?/m1/s1. The molecule has 7 rings (SSSR count). The highest BCUT2D eigenvalue weighted by Crippen LogP contribution is 2.44. The van der Waals surface area contributed by atoms with E-state index in [4.69, 9.17) is 9.47 Å². The molecule has 2 aromatic heterocycles. The van der Waals surface area contributed by atoms with Gasteiger partial charge in [-0.25, -0.2) is 18.2 Å². The van der Waals surface area contributed by atoms with Crippen LogP contribution in [0, 0.1) is 24.0 Å². The molecular weight excluding hydrogens is 960 g/mol. The lowest BCUT2D eigenvalue weighted by atomic mass is 9.85. The smallest absolute Gasteiger partial charge is 0.436 e. The van der Waals surface area contributed by atoms with Gasteiger partial charge in [-0.2, -0.15) is 8.78 Å². The van der Waals surface area contributed by atoms with Crippen LogP contribution < -0.4 is 15.4 Å². The number of hydrogen-bond donors (Lipinski definition) is 4. The van der Waals surface area contributed by atoms with Crippen molar-refractivity contribution in [3.05, 3.63) is 106 Å². The number of hydrogen-bond acceptors (Lipinski definition) is 10. The molecule has 1 fully saturated rings. The Balaban J connectivity index is 0.862. The maximum atomic E-state index is 16.0. The molecule has 72 heavy (non-hydrogen) atoms. The first-order valence-electron chi connectivity index (χ1n) is 24.3. The van der Waals surface area contributed by atoms with Gasteiger partial charge >= 0.3 is 12.0 Å². The predicted octanol–water partition coefficient (Wildman–Crippen LogP) is 9.12. The van der Waals surface area contributed by atoms with Crippen LogP contribution >= 0.6 is 11.3 Å². The molecule has 5 aromatic rings. The molecule has 3 amide bonds. The van der Waals surface area contributed by atoms with E-state index < -0.39 is 83.4 Å². The number of carbonyl (C=O) groups is 3. The van der Waals surface area contributed by atoms with Crippen LogP contribution in [0.15, 0.2) is 66.2 Å². The average molecular weight is 1030 g/mol. The van der Waals surface area contributed by atoms with Gasteiger partial charge in [0, 0.05) is 79.5 Å². The minimum absolute atomic E-state index is 0.0134. The van der Waals surface area contributed by atoms with Crippen molar-refractivity contribution in [1.82, 2.24) is 30.4 Å². The molecule has 2 unspecified atom stereocenters. The van der Waals surface area contributed by atoms with E-state index in [1.807, 2.05) is 62.4 Å². The molecule has 0 saturated carbocycles. The average Bonchev–Trinajstić information content (AvgIpc) is 4.03. The summed E-state index contributed by atoms with van der Waals surface area (Å²) >= 11 is 1.52. The Morgan fingerprint density at radius 1 is 0.944 bits per heavy atom. The molecule has 2 aliphatic rings. The number of β-amino-alcohol motifs (C(OH)–C–C–N with tert-alkyl or cyclic N) is 1. The van der Waals surface area contributed by atoms with Crippen LogP contribution in [0.5, 0.6) is 5.75 Å². The lowest BCUT2D eigenvalue weighted by Crippen LogP contribution is -2.60. The second-order valence-electron chi connectivity index (χ2n) is 20.5. The second kappa shape index (κ2) is 22.3. The van der Waals surface area contributed by atoms with E-state index in [1.54, 1.807) is 38.1 Å². The van der Waals surface area contributed by atoms with Crippen molar-refractivity contribution >= 4 is 40.0 Å². The number of thiazole rings is 1. The summed E-state index contributed by atoms with van der Waals surface area (Å²) in [7, 11) is 0. The summed E-state index contributed by atoms with van der Waals surface area (Å²) in [5, 5.41) is 16.6. The Morgan fingerprint density at radius 3 is 2.25 bits per heavy atom. The highest BCUT2D eigenvalue weighted by Gasteiger charge is 2.49. The van der Waals surface area contributed by atoms with Crippen molar-refractivity contribution in [2.75, 3.05) is 39.5 Å². The third-order valence-electron chi connectivity index (χ3n) is 13.1. The number of H-pyrrole nitrogens is 1. The van der Waals surface area contributed by atoms with E-state index in [-0.39, 0.29) is 69.5 Å². The first-order valence-corrected chi connectivity index (χ1v) is 25.2. The molecule has 19 heteroatoms. The van der Waals surface area contributed by atoms with E-state index in [0.717, 1.165) is 55.2 Å². The summed E-state index contributed by atoms with van der Waals surface area (Å²) in [6.45, 7) is 12.4. The van der Waals surface area contributed by atoms with Crippen LogP contribution in [0.3, 0.4) is 0 Å². The van der Waals surface area contributed by atoms with Crippen molar-refractivity contribution in [2.24, 2.45) is 5.41 Å². The number of aromatic nitrogens is 2. The number of aryl methyl sites for hydroxylation is 1. The SMILES string of the molecule is Cc1ncsc1-c1ccc(C(C)NC(=O)[C@@H]2C[C@@H](O)CN2C(=O)C(NC(=O)C(F)(F)OCCCOCCCOc2cc(F)c([C@@H]3c4[nH]c5ccccc5c4C[C@@H](C)N3CC(C)(C)F)c(F)c2)C(C)(C)C)cc1. The molecule has 4 heterocycles. The summed E-state index contributed by atoms with van der Waals surface area (Å²) in [5.74, 6) is -4.94. The van der Waals surface area contributed by atoms with Gasteiger partial charge in [0.05, 0.1) is 47.5 Å². The number of aliphatic hydroxyl groups is 1. The fourth-order valence-electron chi connectivity index (χ4n) is 9.51. The zero-order valence-electron chi connectivity index (χ0n) is 41.9. The number of amides is 3. The lowest BCUT2D eigenvalue weighted by molar-refractivity contribution is -0.233. The largest absolute Gasteiger partial charge is 0.493 e. The fraction of sp³-hybridized carbons (Fsp3) is 0.509. The van der Waals surface area contributed by atoms with E-state index in [9.17, 15) is 19.5 Å². The molecule has 13 nitrogen and oxygen atoms in total. The van der Waals surface area contributed by atoms with Gasteiger partial charge in [0.15, 0.2) is 0 Å². The number of aromatic amines is 1. The minimum Gasteiger partial charge on any atom is -0.493 e. The molecule has 6 atom stereocenters. The molecule has 4 N–H and O–H groups in total. The lowest BCUT2D eigenvalue weighted by Gasteiger charge is -2.43. The van der Waals surface area contributed by atoms with Crippen molar-refractivity contribution < 1.29 is 55.7 Å². The van der Waals surface area contributed by atoms with E-state index in [0.29, 0.717) is 12.1 Å². The predicted molar refractivity (Wildman–Crippen MR) is 264 cm³/mol. The first kappa shape index (κ1) is 54.3. The van der Waals surface area contributed by atoms with Crippen molar-refractivity contribution in [3.8, 4) is 16.2 Å². The van der Waals surface area contributed by atoms with Gasteiger partial charge in [-0.1, -0.05) is 63.2 Å². The molecule has 390 valence electrons. The van der Waals surface area contributed by atoms with Gasteiger partial charge in [0.25, 0.3) is 0 Å². The van der Waals surface area contributed by atoms with Crippen LogP contribution in [-0.4, -0.2) is 118 Å². The van der Waals surface area contributed by atoms with Gasteiger partial charge < -0.3 is 39.8 Å². The summed E-state index contributed by atoms with van der Waals surface area (Å²) in [5.41, 5.74) is 3.87. The zero-order chi connectivity index (χ0) is 52.3. The number of halogens is 5. The molecular formula is C53H65F5N6O7S. The van der Waals surface area contributed by atoms with Gasteiger partial charge in [-0.05, 0) is 75.6 Å². The van der Waals surface area contributed by atoms with Crippen molar-refractivity contribution in [2.45, 2.75) is 129 Å². The molecule has 0 radical (unpaired) electrons. The van der Waals surface area contributed by atoms with Gasteiger partial charge in [-0.15, -0.1) is 11.3 Å². The van der Waals surface area contributed by atoms with E-state index in [2.05, 4.69) is 25.3 Å². The Bertz CT molecular complexity index is 2680. The highest BCUT2D eigenvalue weighted by atomic mass is 32.1. The van der Waals surface area contributed by atoms with Gasteiger partial charge in [0.2, 0.25) is 11.8 Å². The number of fused-ring (bicyclic) bond motifs is 3. The third kappa shape index (κ3) is 12.6. The quantitative estimate of drug-likeness (QED) is 0.0441. The summed E-state index contributed by atoms with van der Waals surface area (Å²) < 4.78 is 93.4. The summed E-state index contributed by atoms with van der Waals surface area (Å²) in [6.07, 6.45) is -4.67. The Labute approximate surface area is 420 Å². The maximum absolute atomic E-state index is 16.0. The molecule has 3 aromatic carbocycles. The summed E-state index contributed by atoms with van der Waals surface area (Å²) in [6, 6.07) is 13.2. The summed E-state index contributed by atoms with van der Waals surface area (Å²) in [4.78, 5) is 52.2. The van der Waals surface area contributed by atoms with Gasteiger partial charge in [-0.3, -0.25) is 19.3 Å². The van der Waals surface area contributed by atoms with Gasteiger partial charge in [0.1, 0.15) is 35.1 Å². The van der Waals surface area contributed by atoms with Crippen molar-refractivity contribution in [3.63, 3.8) is 0 Å². The minimum atomic E-state index is -4.34. The zero-order valence-corrected chi connectivity index (χ0v) is 42.7. The Hall–Kier alpha value is -5.47. The number of likely N-dealkylation sites (tertiary alicyclic amines) is 1. The number of aliphatic hydroxyl groups excluding tert-OH is 1. The number of carbonyl (C=O) groups excluding carboxylic acids is 3. The number of nitrogens with one attached hydrogen (secondary N) is 3. The van der Waals surface area contributed by atoms with Crippen molar-refractivity contribution in [1.29, 1.82) is 0 Å². The van der Waals surface area contributed by atoms with Crippen LogP contribution in [0.4, 0.5) is 22.0 Å². The Kier molecular flexibility index (Phi) is 16.8. The van der Waals surface area contributed by atoms with E-state index >= 15 is 22.0 Å². The fourth-order valence-corrected chi connectivity index (χ4v) is 10.3. The third-order valence-corrected chi connectivity index (χ3v) is 14.1. The Morgan fingerprint density at radius 2 is 1.61 bits per heavy atom. The second-order valence-corrected chi connectivity index (χ2v) is 21.4. The topological polar surface area (TPSA) is 158 Å². The molecule has 2 aliphatic heterocycles. The monoisotopic (exact) mass is 1020 g/mol. The number of ether oxygens (including phenoxy) is 3. The molecule has 0 aliphatic carbocycles.